The van der Waals surface area contributed by atoms with Crippen LogP contribution in [-0.4, -0.2) is 39.3 Å². The van der Waals surface area contributed by atoms with E-state index in [2.05, 4.69) is 4.74 Å². The smallest absolute Gasteiger partial charge is 0.339 e. The third-order valence-corrected chi connectivity index (χ3v) is 4.35. The second kappa shape index (κ2) is 6.10. The first-order chi connectivity index (χ1) is 8.33. The van der Waals surface area contributed by atoms with E-state index < -0.39 is 15.8 Å². The number of rotatable bonds is 5. The van der Waals surface area contributed by atoms with Gasteiger partial charge in [0.1, 0.15) is 9.84 Å². The van der Waals surface area contributed by atoms with Gasteiger partial charge in [-0.05, 0) is 18.2 Å². The molecule has 0 spiro atoms. The largest absolute Gasteiger partial charge is 0.465 e. The molecule has 0 atom stereocenters. The third-order valence-electron chi connectivity index (χ3n) is 2.15. The molecule has 0 aliphatic carbocycles. The van der Waals surface area contributed by atoms with Crippen LogP contribution in [0.3, 0.4) is 0 Å². The molecule has 0 amide bonds. The third kappa shape index (κ3) is 4.58. The number of methoxy groups -OCH3 is 1. The number of benzene rings is 1. The molecular weight excluding hydrogens is 274 g/mol. The summed E-state index contributed by atoms with van der Waals surface area (Å²) in [5.41, 5.74) is 6.29. The molecule has 5 nitrogen and oxygen atoms in total. The number of nitrogens with two attached hydrogens (primary N) is 1. The number of carbonyl (C=O) groups is 1. The van der Waals surface area contributed by atoms with Gasteiger partial charge < -0.3 is 10.5 Å². The molecule has 0 saturated heterocycles. The van der Waals surface area contributed by atoms with Gasteiger partial charge in [-0.15, -0.1) is 11.8 Å². The van der Waals surface area contributed by atoms with Crippen LogP contribution in [0.5, 0.6) is 0 Å². The number of nitrogen functional groups attached to an aromatic ring is 1. The maximum Gasteiger partial charge on any atom is 0.339 e. The zero-order valence-electron chi connectivity index (χ0n) is 10.2. The van der Waals surface area contributed by atoms with Crippen molar-refractivity contribution in [2.45, 2.75) is 4.90 Å². The molecule has 1 aromatic carbocycles. The van der Waals surface area contributed by atoms with Crippen LogP contribution in [0.2, 0.25) is 0 Å². The Kier molecular flexibility index (Phi) is 5.03. The maximum atomic E-state index is 11.4. The summed E-state index contributed by atoms with van der Waals surface area (Å²) in [5, 5.41) is 0. The summed E-state index contributed by atoms with van der Waals surface area (Å²) < 4.78 is 26.6. The van der Waals surface area contributed by atoms with Crippen molar-refractivity contribution in [3.05, 3.63) is 23.8 Å². The van der Waals surface area contributed by atoms with Gasteiger partial charge in [-0.25, -0.2) is 13.2 Å². The molecule has 0 saturated carbocycles. The Morgan fingerprint density at radius 3 is 2.67 bits per heavy atom. The predicted molar refractivity (Wildman–Crippen MR) is 72.6 cm³/mol. The number of hydrogen-bond donors (Lipinski definition) is 1. The Morgan fingerprint density at radius 2 is 2.11 bits per heavy atom. The minimum Gasteiger partial charge on any atom is -0.465 e. The first-order valence-corrected chi connectivity index (χ1v) is 8.16. The minimum absolute atomic E-state index is 0.0929. The van der Waals surface area contributed by atoms with E-state index in [1.165, 1.54) is 25.1 Å². The molecule has 7 heteroatoms. The second-order valence-corrected chi connectivity index (χ2v) is 7.15. The zero-order valence-corrected chi connectivity index (χ0v) is 11.8. The number of carbonyl (C=O) groups excluding carboxylic acids is 1. The lowest BCUT2D eigenvalue weighted by atomic mass is 10.2. The van der Waals surface area contributed by atoms with Gasteiger partial charge in [0.2, 0.25) is 0 Å². The maximum absolute atomic E-state index is 11.4. The van der Waals surface area contributed by atoms with Crippen molar-refractivity contribution in [3.63, 3.8) is 0 Å². The molecule has 0 radical (unpaired) electrons. The van der Waals surface area contributed by atoms with Crippen molar-refractivity contribution >= 4 is 33.3 Å². The standard InChI is InChI=1S/C11H15NO4S2/c1-16-11(13)9-7-8(3-4-10(9)12)17-5-6-18(2,14)15/h3-4,7H,5-6,12H2,1-2H3. The lowest BCUT2D eigenvalue weighted by Crippen LogP contribution is -2.06. The van der Waals surface area contributed by atoms with Gasteiger partial charge in [0.05, 0.1) is 18.4 Å². The van der Waals surface area contributed by atoms with Crippen LogP contribution in [0, 0.1) is 0 Å². The first-order valence-electron chi connectivity index (χ1n) is 5.12. The topological polar surface area (TPSA) is 86.5 Å². The van der Waals surface area contributed by atoms with Crippen LogP contribution in [-0.2, 0) is 14.6 Å². The van der Waals surface area contributed by atoms with E-state index in [-0.39, 0.29) is 5.75 Å². The van der Waals surface area contributed by atoms with Gasteiger partial charge in [-0.3, -0.25) is 0 Å². The Balaban J connectivity index is 2.76. The summed E-state index contributed by atoms with van der Waals surface area (Å²) >= 11 is 1.36. The number of ether oxygens (including phenoxy) is 1. The van der Waals surface area contributed by atoms with E-state index in [1.54, 1.807) is 18.2 Å². The molecule has 0 aliphatic rings. The SMILES string of the molecule is COC(=O)c1cc(SCCS(C)(=O)=O)ccc1N. The summed E-state index contributed by atoms with van der Waals surface area (Å²) in [5.74, 6) is 0.0250. The van der Waals surface area contributed by atoms with E-state index in [1.807, 2.05) is 0 Å². The van der Waals surface area contributed by atoms with E-state index in [0.717, 1.165) is 4.90 Å². The molecule has 18 heavy (non-hydrogen) atoms. The van der Waals surface area contributed by atoms with E-state index in [0.29, 0.717) is 17.0 Å². The average Bonchev–Trinajstić information content (AvgIpc) is 2.28. The average molecular weight is 289 g/mol. The van der Waals surface area contributed by atoms with Crippen LogP contribution < -0.4 is 5.73 Å². The van der Waals surface area contributed by atoms with Crippen LogP contribution in [0.25, 0.3) is 0 Å². The van der Waals surface area contributed by atoms with Crippen molar-refractivity contribution in [2.75, 3.05) is 30.6 Å². The monoisotopic (exact) mass is 289 g/mol. The summed E-state index contributed by atoms with van der Waals surface area (Å²) in [7, 11) is -1.69. The van der Waals surface area contributed by atoms with Crippen molar-refractivity contribution in [1.82, 2.24) is 0 Å². The molecule has 0 aromatic heterocycles. The predicted octanol–water partition coefficient (Wildman–Crippen LogP) is 1.19. The van der Waals surface area contributed by atoms with Crippen LogP contribution >= 0.6 is 11.8 Å². The van der Waals surface area contributed by atoms with Crippen LogP contribution in [0.4, 0.5) is 5.69 Å². The van der Waals surface area contributed by atoms with Gasteiger partial charge >= 0.3 is 5.97 Å². The number of thioether (sulfide) groups is 1. The quantitative estimate of drug-likeness (QED) is 0.498. The summed E-state index contributed by atoms with van der Waals surface area (Å²) in [6.45, 7) is 0. The van der Waals surface area contributed by atoms with E-state index in [4.69, 9.17) is 5.73 Å². The Hall–Kier alpha value is -1.21. The van der Waals surface area contributed by atoms with Gasteiger partial charge in [0.15, 0.2) is 0 Å². The number of anilines is 1. The molecule has 2 N–H and O–H groups in total. The molecule has 0 bridgehead atoms. The van der Waals surface area contributed by atoms with Crippen molar-refractivity contribution < 1.29 is 17.9 Å². The van der Waals surface area contributed by atoms with E-state index in [9.17, 15) is 13.2 Å². The lowest BCUT2D eigenvalue weighted by Gasteiger charge is -2.06. The van der Waals surface area contributed by atoms with Gasteiger partial charge in [0, 0.05) is 22.6 Å². The molecular formula is C11H15NO4S2. The fourth-order valence-corrected chi connectivity index (χ4v) is 3.37. The van der Waals surface area contributed by atoms with E-state index >= 15 is 0 Å². The zero-order chi connectivity index (χ0) is 13.8. The highest BCUT2D eigenvalue weighted by Gasteiger charge is 2.11. The first kappa shape index (κ1) is 14.8. The molecule has 0 fully saturated rings. The number of esters is 1. The molecule has 0 aliphatic heterocycles. The molecule has 0 unspecified atom stereocenters. The summed E-state index contributed by atoms with van der Waals surface area (Å²) in [6.07, 6.45) is 1.19. The highest BCUT2D eigenvalue weighted by Crippen LogP contribution is 2.23. The van der Waals surface area contributed by atoms with Gasteiger partial charge in [-0.1, -0.05) is 0 Å². The normalized spacial score (nSPS) is 11.2. The number of hydrogen-bond acceptors (Lipinski definition) is 6. The van der Waals surface area contributed by atoms with Crippen molar-refractivity contribution in [2.24, 2.45) is 0 Å². The summed E-state index contributed by atoms with van der Waals surface area (Å²) in [6, 6.07) is 4.96. The Bertz CT molecular complexity index is 540. The van der Waals surface area contributed by atoms with Crippen molar-refractivity contribution in [3.8, 4) is 0 Å². The van der Waals surface area contributed by atoms with Crippen molar-refractivity contribution in [1.29, 1.82) is 0 Å². The number of sulfone groups is 1. The highest BCUT2D eigenvalue weighted by molar-refractivity contribution is 8.00. The van der Waals surface area contributed by atoms with Gasteiger partial charge in [0.25, 0.3) is 0 Å². The van der Waals surface area contributed by atoms with Crippen LogP contribution in [0.15, 0.2) is 23.1 Å². The van der Waals surface area contributed by atoms with Gasteiger partial charge in [-0.2, -0.15) is 0 Å². The second-order valence-electron chi connectivity index (χ2n) is 3.72. The Morgan fingerprint density at radius 1 is 1.44 bits per heavy atom. The lowest BCUT2D eigenvalue weighted by molar-refractivity contribution is 0.0601. The fraction of sp³-hybridized carbons (Fsp3) is 0.364. The van der Waals surface area contributed by atoms with Crippen LogP contribution in [0.1, 0.15) is 10.4 Å². The summed E-state index contributed by atoms with van der Waals surface area (Å²) in [4.78, 5) is 12.2. The molecule has 1 rings (SSSR count). The Labute approximate surface area is 111 Å². The fourth-order valence-electron chi connectivity index (χ4n) is 1.22. The molecule has 0 heterocycles. The molecule has 100 valence electrons. The minimum atomic E-state index is -2.97. The molecule has 1 aromatic rings. The highest BCUT2D eigenvalue weighted by atomic mass is 32.2.